The van der Waals surface area contributed by atoms with Crippen LogP contribution in [0.2, 0.25) is 0 Å². The van der Waals surface area contributed by atoms with Crippen molar-refractivity contribution in [3.63, 3.8) is 0 Å². The van der Waals surface area contributed by atoms with Gasteiger partial charge < -0.3 is 9.64 Å². The van der Waals surface area contributed by atoms with Crippen molar-refractivity contribution in [2.45, 2.75) is 25.9 Å². The molecule has 2 aromatic rings. The molecule has 20 heavy (non-hydrogen) atoms. The number of aromatic nitrogens is 2. The Hall–Kier alpha value is -1.88. The number of amides is 1. The molecule has 5 heteroatoms. The van der Waals surface area contributed by atoms with Crippen LogP contribution in [0.1, 0.15) is 18.9 Å². The normalized spacial score (nSPS) is 18.9. The van der Waals surface area contributed by atoms with Crippen molar-refractivity contribution in [3.8, 4) is 0 Å². The Kier molecular flexibility index (Phi) is 3.69. The summed E-state index contributed by atoms with van der Waals surface area (Å²) >= 11 is 0. The summed E-state index contributed by atoms with van der Waals surface area (Å²) in [6.07, 6.45) is 3.38. The highest BCUT2D eigenvalue weighted by Crippen LogP contribution is 2.17. The predicted molar refractivity (Wildman–Crippen MR) is 76.4 cm³/mol. The summed E-state index contributed by atoms with van der Waals surface area (Å²) in [5.74, 6) is 0.176. The summed E-state index contributed by atoms with van der Waals surface area (Å²) in [5, 5.41) is 7.95. The number of carbonyl (C=O) groups excluding carboxylic acids is 1. The monoisotopic (exact) mass is 273 g/mol. The average Bonchev–Trinajstić information content (AvgIpc) is 3.07. The average molecular weight is 273 g/mol. The molecule has 1 saturated heterocycles. The second-order valence-corrected chi connectivity index (χ2v) is 5.17. The van der Waals surface area contributed by atoms with Crippen LogP contribution in [0.5, 0.6) is 0 Å². The van der Waals surface area contributed by atoms with Gasteiger partial charge in [0.25, 0.3) is 0 Å². The topological polar surface area (TPSA) is 58.2 Å². The first-order valence-electron chi connectivity index (χ1n) is 7.07. The molecule has 5 nitrogen and oxygen atoms in total. The van der Waals surface area contributed by atoms with Gasteiger partial charge in [0, 0.05) is 25.1 Å². The minimum absolute atomic E-state index is 0.176. The van der Waals surface area contributed by atoms with Crippen molar-refractivity contribution >= 4 is 16.8 Å². The number of hydrogen-bond donors (Lipinski definition) is 1. The molecule has 0 unspecified atom stereocenters. The molecular weight excluding hydrogens is 254 g/mol. The number of H-pyrrole nitrogens is 1. The number of nitrogens with one attached hydrogen (secondary N) is 1. The molecule has 1 aromatic carbocycles. The molecule has 1 aliphatic heterocycles. The van der Waals surface area contributed by atoms with E-state index in [0.29, 0.717) is 13.0 Å². The van der Waals surface area contributed by atoms with Crippen molar-refractivity contribution in [2.75, 3.05) is 19.7 Å². The molecule has 106 valence electrons. The number of nitrogens with zero attached hydrogens (tertiary/aromatic N) is 2. The fourth-order valence-electron chi connectivity index (χ4n) is 2.72. The number of likely N-dealkylation sites (tertiary alicyclic amines) is 1. The van der Waals surface area contributed by atoms with Gasteiger partial charge in [0.1, 0.15) is 0 Å². The van der Waals surface area contributed by atoms with Gasteiger partial charge in [-0.2, -0.15) is 5.10 Å². The highest BCUT2D eigenvalue weighted by atomic mass is 16.5. The molecule has 0 bridgehead atoms. The van der Waals surface area contributed by atoms with Gasteiger partial charge >= 0.3 is 0 Å². The predicted octanol–water partition coefficient (Wildman–Crippen LogP) is 1.74. The zero-order valence-electron chi connectivity index (χ0n) is 11.6. The summed E-state index contributed by atoms with van der Waals surface area (Å²) in [5.41, 5.74) is 2.03. The quantitative estimate of drug-likeness (QED) is 0.923. The molecule has 1 N–H and O–H groups in total. The Morgan fingerprint density at radius 2 is 2.45 bits per heavy atom. The van der Waals surface area contributed by atoms with E-state index in [-0.39, 0.29) is 12.0 Å². The van der Waals surface area contributed by atoms with Crippen molar-refractivity contribution in [3.05, 3.63) is 30.0 Å². The van der Waals surface area contributed by atoms with E-state index in [4.69, 9.17) is 4.74 Å². The number of ether oxygens (including phenoxy) is 1. The molecule has 1 aromatic heterocycles. The molecule has 0 aliphatic carbocycles. The lowest BCUT2D eigenvalue weighted by atomic mass is 10.1. The largest absolute Gasteiger partial charge is 0.377 e. The fourth-order valence-corrected chi connectivity index (χ4v) is 2.72. The molecular formula is C15H19N3O2. The van der Waals surface area contributed by atoms with Crippen LogP contribution in [-0.4, -0.2) is 46.8 Å². The Bertz CT molecular complexity index is 608. The third kappa shape index (κ3) is 2.67. The van der Waals surface area contributed by atoms with E-state index in [2.05, 4.69) is 10.2 Å². The first-order chi connectivity index (χ1) is 9.76. The Balaban J connectivity index is 1.63. The number of benzene rings is 1. The molecule has 0 spiro atoms. The van der Waals surface area contributed by atoms with Gasteiger partial charge in [0.15, 0.2) is 0 Å². The molecule has 2 heterocycles. The third-order valence-electron chi connectivity index (χ3n) is 3.76. The maximum atomic E-state index is 12.3. The molecule has 1 aliphatic rings. The van der Waals surface area contributed by atoms with E-state index in [9.17, 15) is 4.79 Å². The minimum atomic E-state index is 0.176. The van der Waals surface area contributed by atoms with Crippen LogP contribution < -0.4 is 0 Å². The lowest BCUT2D eigenvalue weighted by Crippen LogP contribution is -2.31. The van der Waals surface area contributed by atoms with Crippen LogP contribution >= 0.6 is 0 Å². The first kappa shape index (κ1) is 13.1. The van der Waals surface area contributed by atoms with Gasteiger partial charge in [0.05, 0.1) is 24.2 Å². The second kappa shape index (κ2) is 5.63. The minimum Gasteiger partial charge on any atom is -0.377 e. The number of aromatic amines is 1. The van der Waals surface area contributed by atoms with Crippen molar-refractivity contribution in [1.29, 1.82) is 0 Å². The Labute approximate surface area is 117 Å². The Morgan fingerprint density at radius 1 is 1.55 bits per heavy atom. The number of carbonyl (C=O) groups is 1. The van der Waals surface area contributed by atoms with Gasteiger partial charge in [-0.1, -0.05) is 6.07 Å². The molecule has 1 amide bonds. The van der Waals surface area contributed by atoms with E-state index in [1.807, 2.05) is 30.0 Å². The van der Waals surface area contributed by atoms with Crippen molar-refractivity contribution in [2.24, 2.45) is 0 Å². The van der Waals surface area contributed by atoms with Gasteiger partial charge in [0.2, 0.25) is 5.91 Å². The van der Waals surface area contributed by atoms with Gasteiger partial charge in [-0.15, -0.1) is 0 Å². The highest BCUT2D eigenvalue weighted by molar-refractivity contribution is 5.83. The van der Waals surface area contributed by atoms with E-state index in [1.54, 1.807) is 6.20 Å². The summed E-state index contributed by atoms with van der Waals surface area (Å²) in [6.45, 7) is 4.23. The summed E-state index contributed by atoms with van der Waals surface area (Å²) in [4.78, 5) is 14.2. The van der Waals surface area contributed by atoms with E-state index >= 15 is 0 Å². The molecule has 1 fully saturated rings. The van der Waals surface area contributed by atoms with E-state index < -0.39 is 0 Å². The van der Waals surface area contributed by atoms with Crippen LogP contribution in [0.3, 0.4) is 0 Å². The van der Waals surface area contributed by atoms with Crippen LogP contribution in [0.4, 0.5) is 0 Å². The van der Waals surface area contributed by atoms with Gasteiger partial charge in [-0.25, -0.2) is 0 Å². The summed E-state index contributed by atoms with van der Waals surface area (Å²) < 4.78 is 5.57. The second-order valence-electron chi connectivity index (χ2n) is 5.17. The number of fused-ring (bicyclic) bond motifs is 1. The molecule has 1 atom stereocenters. The lowest BCUT2D eigenvalue weighted by Gasteiger charge is -2.16. The number of hydrogen-bond acceptors (Lipinski definition) is 3. The third-order valence-corrected chi connectivity index (χ3v) is 3.76. The van der Waals surface area contributed by atoms with Crippen molar-refractivity contribution < 1.29 is 9.53 Å². The highest BCUT2D eigenvalue weighted by Gasteiger charge is 2.26. The smallest absolute Gasteiger partial charge is 0.227 e. The van der Waals surface area contributed by atoms with Gasteiger partial charge in [-0.05, 0) is 31.0 Å². The fraction of sp³-hybridized carbons (Fsp3) is 0.467. The molecule has 0 radical (unpaired) electrons. The van der Waals surface area contributed by atoms with Crippen molar-refractivity contribution in [1.82, 2.24) is 15.1 Å². The SMILES string of the molecule is CCO[C@H]1CCN(C(=O)Cc2ccc3[nH]ncc3c2)C1. The zero-order chi connectivity index (χ0) is 13.9. The zero-order valence-corrected chi connectivity index (χ0v) is 11.6. The first-order valence-corrected chi connectivity index (χ1v) is 7.07. The van der Waals surface area contributed by atoms with Crippen LogP contribution in [-0.2, 0) is 16.0 Å². The van der Waals surface area contributed by atoms with E-state index in [1.165, 1.54) is 0 Å². The van der Waals surface area contributed by atoms with Gasteiger partial charge in [-0.3, -0.25) is 9.89 Å². The maximum absolute atomic E-state index is 12.3. The van der Waals surface area contributed by atoms with E-state index in [0.717, 1.165) is 36.0 Å². The standard InChI is InChI=1S/C15H19N3O2/c1-2-20-13-5-6-18(10-13)15(19)8-11-3-4-14-12(7-11)9-16-17-14/h3-4,7,9,13H,2,5-6,8,10H2,1H3,(H,16,17)/t13-/m0/s1. The van der Waals surface area contributed by atoms with Crippen LogP contribution in [0, 0.1) is 0 Å². The Morgan fingerprint density at radius 3 is 3.30 bits per heavy atom. The molecule has 3 rings (SSSR count). The lowest BCUT2D eigenvalue weighted by molar-refractivity contribution is -0.129. The van der Waals surface area contributed by atoms with Crippen LogP contribution in [0.25, 0.3) is 10.9 Å². The summed E-state index contributed by atoms with van der Waals surface area (Å²) in [7, 11) is 0. The molecule has 0 saturated carbocycles. The summed E-state index contributed by atoms with van der Waals surface area (Å²) in [6, 6.07) is 5.97. The number of rotatable bonds is 4. The van der Waals surface area contributed by atoms with Crippen LogP contribution in [0.15, 0.2) is 24.4 Å². The maximum Gasteiger partial charge on any atom is 0.227 e.